The number of amides is 2. The zero-order valence-electron chi connectivity index (χ0n) is 16.5. The summed E-state index contributed by atoms with van der Waals surface area (Å²) in [5.74, 6) is 0.652. The smallest absolute Gasteiger partial charge is 0.226 e. The summed E-state index contributed by atoms with van der Waals surface area (Å²) in [6.45, 7) is 7.69. The van der Waals surface area contributed by atoms with Crippen LogP contribution in [0.2, 0.25) is 0 Å². The second kappa shape index (κ2) is 9.74. The molecule has 1 aliphatic rings. The standard InChI is InChI=1S/C20H34N4O2/c1-15(6-10-21-18(25)12-17-16(2)23-14-24-17)7-11-22-19(26)13-20(3)8-4-5-9-20/h14-15H,4-13H2,1-3H3,(H,21,25)(H,22,26)(H,23,24)/t15-/m1/s1. The fourth-order valence-corrected chi connectivity index (χ4v) is 3.70. The number of aromatic amines is 1. The van der Waals surface area contributed by atoms with Crippen LogP contribution in [-0.2, 0) is 16.0 Å². The molecule has 1 atom stereocenters. The monoisotopic (exact) mass is 362 g/mol. The summed E-state index contributed by atoms with van der Waals surface area (Å²) in [7, 11) is 0. The fourth-order valence-electron chi connectivity index (χ4n) is 3.70. The molecule has 6 heteroatoms. The molecule has 0 aromatic carbocycles. The van der Waals surface area contributed by atoms with Crippen molar-refractivity contribution in [2.75, 3.05) is 13.1 Å². The Hall–Kier alpha value is -1.85. The maximum absolute atomic E-state index is 12.1. The van der Waals surface area contributed by atoms with Gasteiger partial charge in [0.05, 0.1) is 18.4 Å². The number of hydrogen-bond acceptors (Lipinski definition) is 3. The largest absolute Gasteiger partial charge is 0.356 e. The van der Waals surface area contributed by atoms with Gasteiger partial charge in [-0.1, -0.05) is 26.7 Å². The van der Waals surface area contributed by atoms with E-state index < -0.39 is 0 Å². The number of aromatic nitrogens is 2. The molecule has 0 unspecified atom stereocenters. The lowest BCUT2D eigenvalue weighted by molar-refractivity contribution is -0.123. The van der Waals surface area contributed by atoms with Crippen molar-refractivity contribution in [1.29, 1.82) is 0 Å². The Morgan fingerprint density at radius 1 is 1.19 bits per heavy atom. The van der Waals surface area contributed by atoms with Gasteiger partial charge in [0.1, 0.15) is 0 Å². The van der Waals surface area contributed by atoms with E-state index in [9.17, 15) is 9.59 Å². The van der Waals surface area contributed by atoms with E-state index in [1.54, 1.807) is 6.33 Å². The van der Waals surface area contributed by atoms with Crippen LogP contribution in [0.5, 0.6) is 0 Å². The van der Waals surface area contributed by atoms with Crippen molar-refractivity contribution < 1.29 is 9.59 Å². The van der Waals surface area contributed by atoms with E-state index in [1.807, 2.05) is 6.92 Å². The molecule has 1 aromatic heterocycles. The van der Waals surface area contributed by atoms with Gasteiger partial charge in [-0.25, -0.2) is 4.98 Å². The predicted molar refractivity (Wildman–Crippen MR) is 103 cm³/mol. The summed E-state index contributed by atoms with van der Waals surface area (Å²) < 4.78 is 0. The van der Waals surface area contributed by atoms with Crippen LogP contribution < -0.4 is 10.6 Å². The number of nitrogens with one attached hydrogen (secondary N) is 3. The molecule has 26 heavy (non-hydrogen) atoms. The molecule has 1 heterocycles. The van der Waals surface area contributed by atoms with Gasteiger partial charge in [-0.15, -0.1) is 0 Å². The minimum absolute atomic E-state index is 0.00510. The fraction of sp³-hybridized carbons (Fsp3) is 0.750. The molecule has 6 nitrogen and oxygen atoms in total. The van der Waals surface area contributed by atoms with Crippen LogP contribution in [0, 0.1) is 18.3 Å². The van der Waals surface area contributed by atoms with Crippen molar-refractivity contribution >= 4 is 11.8 Å². The normalized spacial score (nSPS) is 17.0. The van der Waals surface area contributed by atoms with E-state index in [0.29, 0.717) is 25.3 Å². The lowest BCUT2D eigenvalue weighted by Crippen LogP contribution is -2.31. The molecule has 1 aromatic rings. The summed E-state index contributed by atoms with van der Waals surface area (Å²) in [6.07, 6.45) is 9.31. The molecule has 1 saturated carbocycles. The van der Waals surface area contributed by atoms with Crippen LogP contribution >= 0.6 is 0 Å². The topological polar surface area (TPSA) is 86.9 Å². The molecule has 1 aliphatic carbocycles. The van der Waals surface area contributed by atoms with Gasteiger partial charge in [0.25, 0.3) is 0 Å². The van der Waals surface area contributed by atoms with Crippen LogP contribution in [0.1, 0.15) is 70.2 Å². The van der Waals surface area contributed by atoms with Gasteiger partial charge < -0.3 is 15.6 Å². The van der Waals surface area contributed by atoms with E-state index >= 15 is 0 Å². The third kappa shape index (κ3) is 6.81. The van der Waals surface area contributed by atoms with Gasteiger partial charge in [0.2, 0.25) is 11.8 Å². The van der Waals surface area contributed by atoms with Crippen LogP contribution in [0.4, 0.5) is 0 Å². The number of imidazole rings is 1. The molecule has 0 spiro atoms. The SMILES string of the molecule is Cc1[nH]cnc1CC(=O)NCC[C@@H](C)CCNC(=O)CC1(C)CCCC1. The Morgan fingerprint density at radius 3 is 2.38 bits per heavy atom. The Bertz CT molecular complexity index is 590. The van der Waals surface area contributed by atoms with Crippen LogP contribution in [-0.4, -0.2) is 34.9 Å². The molecule has 3 N–H and O–H groups in total. The molecular formula is C20H34N4O2. The van der Waals surface area contributed by atoms with Crippen molar-refractivity contribution in [2.45, 2.75) is 72.1 Å². The zero-order chi connectivity index (χ0) is 19.0. The van der Waals surface area contributed by atoms with Crippen molar-refractivity contribution in [3.05, 3.63) is 17.7 Å². The third-order valence-electron chi connectivity index (χ3n) is 5.58. The number of H-pyrrole nitrogens is 1. The lowest BCUT2D eigenvalue weighted by Gasteiger charge is -2.22. The lowest BCUT2D eigenvalue weighted by atomic mass is 9.85. The quantitative estimate of drug-likeness (QED) is 0.598. The maximum Gasteiger partial charge on any atom is 0.226 e. The Kier molecular flexibility index (Phi) is 7.66. The van der Waals surface area contributed by atoms with Gasteiger partial charge in [0.15, 0.2) is 0 Å². The van der Waals surface area contributed by atoms with Gasteiger partial charge >= 0.3 is 0 Å². The Labute approximate surface area is 156 Å². The first-order chi connectivity index (χ1) is 12.4. The molecule has 146 valence electrons. The van der Waals surface area contributed by atoms with Crippen molar-refractivity contribution in [2.24, 2.45) is 11.3 Å². The highest BCUT2D eigenvalue weighted by Gasteiger charge is 2.30. The van der Waals surface area contributed by atoms with Crippen molar-refractivity contribution in [3.8, 4) is 0 Å². The van der Waals surface area contributed by atoms with Crippen LogP contribution in [0.25, 0.3) is 0 Å². The summed E-state index contributed by atoms with van der Waals surface area (Å²) in [5, 5.41) is 6.01. The van der Waals surface area contributed by atoms with Crippen LogP contribution in [0.15, 0.2) is 6.33 Å². The number of carbonyl (C=O) groups excluding carboxylic acids is 2. The summed E-state index contributed by atoms with van der Waals surface area (Å²) in [5.41, 5.74) is 1.96. The third-order valence-corrected chi connectivity index (χ3v) is 5.58. The minimum Gasteiger partial charge on any atom is -0.356 e. The van der Waals surface area contributed by atoms with Crippen molar-refractivity contribution in [1.82, 2.24) is 20.6 Å². The molecule has 0 aliphatic heterocycles. The maximum atomic E-state index is 12.1. The number of carbonyl (C=O) groups is 2. The van der Waals surface area contributed by atoms with Crippen LogP contribution in [0.3, 0.4) is 0 Å². The highest BCUT2D eigenvalue weighted by Crippen LogP contribution is 2.40. The number of hydrogen-bond donors (Lipinski definition) is 3. The first kappa shape index (κ1) is 20.5. The van der Waals surface area contributed by atoms with Gasteiger partial charge in [-0.05, 0) is 43.9 Å². The van der Waals surface area contributed by atoms with E-state index in [0.717, 1.165) is 30.8 Å². The first-order valence-electron chi connectivity index (χ1n) is 9.90. The van der Waals surface area contributed by atoms with Gasteiger partial charge in [0, 0.05) is 25.2 Å². The van der Waals surface area contributed by atoms with Gasteiger partial charge in [-0.2, -0.15) is 0 Å². The number of nitrogens with zero attached hydrogens (tertiary/aromatic N) is 1. The molecule has 1 fully saturated rings. The Morgan fingerprint density at radius 2 is 1.81 bits per heavy atom. The molecule has 0 bridgehead atoms. The number of rotatable bonds is 10. The first-order valence-corrected chi connectivity index (χ1v) is 9.90. The molecule has 0 radical (unpaired) electrons. The zero-order valence-corrected chi connectivity index (χ0v) is 16.5. The van der Waals surface area contributed by atoms with E-state index in [2.05, 4.69) is 34.4 Å². The average molecular weight is 363 g/mol. The number of aryl methyl sites for hydroxylation is 1. The second-order valence-corrected chi connectivity index (χ2v) is 8.23. The highest BCUT2D eigenvalue weighted by atomic mass is 16.2. The molecule has 0 saturated heterocycles. The van der Waals surface area contributed by atoms with E-state index in [1.165, 1.54) is 25.7 Å². The molecular weight excluding hydrogens is 328 g/mol. The van der Waals surface area contributed by atoms with Gasteiger partial charge in [-0.3, -0.25) is 9.59 Å². The Balaban J connectivity index is 1.53. The predicted octanol–water partition coefficient (Wildman–Crippen LogP) is 2.88. The van der Waals surface area contributed by atoms with E-state index in [4.69, 9.17) is 0 Å². The molecule has 2 amide bonds. The second-order valence-electron chi connectivity index (χ2n) is 8.23. The summed E-state index contributed by atoms with van der Waals surface area (Å²) in [6, 6.07) is 0. The van der Waals surface area contributed by atoms with E-state index in [-0.39, 0.29) is 17.2 Å². The summed E-state index contributed by atoms with van der Waals surface area (Å²) >= 11 is 0. The van der Waals surface area contributed by atoms with Crippen molar-refractivity contribution in [3.63, 3.8) is 0 Å². The summed E-state index contributed by atoms with van der Waals surface area (Å²) in [4.78, 5) is 31.1. The minimum atomic E-state index is 0.00510. The average Bonchev–Trinajstić information content (AvgIpc) is 3.16. The molecule has 2 rings (SSSR count). The highest BCUT2D eigenvalue weighted by molar-refractivity contribution is 5.78.